The molecule has 4 rings (SSSR count). The van der Waals surface area contributed by atoms with Gasteiger partial charge in [0.25, 0.3) is 5.91 Å². The summed E-state index contributed by atoms with van der Waals surface area (Å²) in [5.41, 5.74) is 0.0806. The number of likely N-dealkylation sites (tertiary alicyclic amines) is 1. The van der Waals surface area contributed by atoms with Crippen LogP contribution in [0.1, 0.15) is 60.2 Å². The van der Waals surface area contributed by atoms with Crippen LogP contribution in [0.25, 0.3) is 0 Å². The first-order chi connectivity index (χ1) is 11.5. The van der Waals surface area contributed by atoms with Crippen molar-refractivity contribution in [2.24, 2.45) is 5.41 Å². The van der Waals surface area contributed by atoms with Gasteiger partial charge in [0.2, 0.25) is 11.7 Å². The fourth-order valence-corrected chi connectivity index (χ4v) is 3.37. The molecular formula is C17H23N3O4. The molecule has 130 valence electrons. The van der Waals surface area contributed by atoms with Crippen molar-refractivity contribution in [3.63, 3.8) is 0 Å². The number of nitrogens with zero attached hydrogens (tertiary/aromatic N) is 2. The van der Waals surface area contributed by atoms with E-state index in [-0.39, 0.29) is 30.2 Å². The van der Waals surface area contributed by atoms with Crippen molar-refractivity contribution >= 4 is 11.8 Å². The first-order valence-electron chi connectivity index (χ1n) is 8.71. The highest BCUT2D eigenvalue weighted by Gasteiger charge is 2.52. The van der Waals surface area contributed by atoms with Gasteiger partial charge in [-0.25, -0.2) is 4.98 Å². The van der Waals surface area contributed by atoms with Crippen LogP contribution in [-0.2, 0) is 4.79 Å². The third kappa shape index (κ3) is 2.70. The molecule has 3 aliphatic rings. The molecule has 1 unspecified atom stereocenters. The molecule has 1 saturated heterocycles. The average molecular weight is 333 g/mol. The predicted molar refractivity (Wildman–Crippen MR) is 84.4 cm³/mol. The lowest BCUT2D eigenvalue weighted by atomic mass is 10.1. The molecule has 1 aliphatic heterocycles. The zero-order valence-electron chi connectivity index (χ0n) is 13.9. The Morgan fingerprint density at radius 2 is 2.12 bits per heavy atom. The Hall–Kier alpha value is -1.89. The van der Waals surface area contributed by atoms with Gasteiger partial charge in [-0.15, -0.1) is 0 Å². The SMILES string of the molecule is Cc1nc(C2CC2)oc1C(=O)NC1CCN(C(=O)C2(CO)CC2)C1. The van der Waals surface area contributed by atoms with E-state index in [1.807, 2.05) is 0 Å². The van der Waals surface area contributed by atoms with Crippen molar-refractivity contribution in [3.05, 3.63) is 17.3 Å². The number of aliphatic hydroxyl groups excluding tert-OH is 1. The largest absolute Gasteiger partial charge is 0.435 e. The van der Waals surface area contributed by atoms with Crippen LogP contribution in [0, 0.1) is 12.3 Å². The maximum absolute atomic E-state index is 12.4. The van der Waals surface area contributed by atoms with Gasteiger partial charge >= 0.3 is 0 Å². The second-order valence-electron chi connectivity index (χ2n) is 7.39. The summed E-state index contributed by atoms with van der Waals surface area (Å²) in [6.45, 7) is 2.82. The Labute approximate surface area is 140 Å². The number of rotatable bonds is 5. The molecule has 1 aromatic rings. The van der Waals surface area contributed by atoms with Crippen LogP contribution < -0.4 is 5.32 Å². The lowest BCUT2D eigenvalue weighted by Gasteiger charge is -2.21. The molecule has 2 saturated carbocycles. The van der Waals surface area contributed by atoms with Crippen molar-refractivity contribution in [1.82, 2.24) is 15.2 Å². The summed E-state index contributed by atoms with van der Waals surface area (Å²) < 4.78 is 5.63. The normalized spacial score (nSPS) is 24.9. The summed E-state index contributed by atoms with van der Waals surface area (Å²) in [5.74, 6) is 1.09. The van der Waals surface area contributed by atoms with Crippen molar-refractivity contribution in [2.45, 2.75) is 51.0 Å². The topological polar surface area (TPSA) is 95.7 Å². The Kier molecular flexibility index (Phi) is 3.63. The van der Waals surface area contributed by atoms with E-state index >= 15 is 0 Å². The van der Waals surface area contributed by atoms with Crippen LogP contribution in [-0.4, -0.2) is 52.5 Å². The predicted octanol–water partition coefficient (Wildman–Crippen LogP) is 0.964. The number of nitrogens with one attached hydrogen (secondary N) is 1. The molecular weight excluding hydrogens is 310 g/mol. The van der Waals surface area contributed by atoms with Gasteiger partial charge < -0.3 is 19.7 Å². The number of aryl methyl sites for hydroxylation is 1. The maximum atomic E-state index is 12.4. The Bertz CT molecular complexity index is 675. The second-order valence-corrected chi connectivity index (χ2v) is 7.39. The molecule has 0 spiro atoms. The molecule has 2 aliphatic carbocycles. The van der Waals surface area contributed by atoms with Gasteiger partial charge in [0.15, 0.2) is 5.89 Å². The molecule has 1 aromatic heterocycles. The average Bonchev–Trinajstić information content (AvgIpc) is 3.48. The summed E-state index contributed by atoms with van der Waals surface area (Å²) in [5, 5.41) is 12.3. The summed E-state index contributed by atoms with van der Waals surface area (Å²) in [7, 11) is 0. The molecule has 0 bridgehead atoms. The number of hydrogen-bond donors (Lipinski definition) is 2. The second kappa shape index (κ2) is 5.58. The first kappa shape index (κ1) is 15.6. The van der Waals surface area contributed by atoms with Crippen molar-refractivity contribution < 1.29 is 19.1 Å². The van der Waals surface area contributed by atoms with E-state index in [9.17, 15) is 14.7 Å². The smallest absolute Gasteiger partial charge is 0.289 e. The highest BCUT2D eigenvalue weighted by atomic mass is 16.4. The van der Waals surface area contributed by atoms with Crippen LogP contribution in [0.2, 0.25) is 0 Å². The Balaban J connectivity index is 1.36. The van der Waals surface area contributed by atoms with E-state index in [0.717, 1.165) is 32.1 Å². The van der Waals surface area contributed by atoms with Crippen LogP contribution in [0.3, 0.4) is 0 Å². The third-order valence-corrected chi connectivity index (χ3v) is 5.37. The van der Waals surface area contributed by atoms with Crippen LogP contribution in [0.4, 0.5) is 0 Å². The first-order valence-corrected chi connectivity index (χ1v) is 8.71. The van der Waals surface area contributed by atoms with E-state index in [1.165, 1.54) is 0 Å². The molecule has 2 amide bonds. The van der Waals surface area contributed by atoms with Gasteiger partial charge in [-0.2, -0.15) is 0 Å². The minimum atomic E-state index is -0.542. The van der Waals surface area contributed by atoms with E-state index in [2.05, 4.69) is 10.3 Å². The molecule has 2 N–H and O–H groups in total. The van der Waals surface area contributed by atoms with Crippen LogP contribution >= 0.6 is 0 Å². The van der Waals surface area contributed by atoms with Crippen molar-refractivity contribution in [2.75, 3.05) is 19.7 Å². The van der Waals surface area contributed by atoms with Gasteiger partial charge in [-0.1, -0.05) is 0 Å². The standard InChI is InChI=1S/C17H23N3O4/c1-10-13(24-15(18-10)11-2-3-11)14(22)19-12-4-7-20(8-12)16(23)17(9-21)5-6-17/h11-12,21H,2-9H2,1H3,(H,19,22). The molecule has 2 heterocycles. The highest BCUT2D eigenvalue weighted by Crippen LogP contribution is 2.47. The summed E-state index contributed by atoms with van der Waals surface area (Å²) >= 11 is 0. The molecule has 3 fully saturated rings. The summed E-state index contributed by atoms with van der Waals surface area (Å²) in [6.07, 6.45) is 4.40. The molecule has 24 heavy (non-hydrogen) atoms. The number of amides is 2. The van der Waals surface area contributed by atoms with Gasteiger partial charge in [0.1, 0.15) is 0 Å². The fraction of sp³-hybridized carbons (Fsp3) is 0.706. The van der Waals surface area contributed by atoms with E-state index in [1.54, 1.807) is 11.8 Å². The number of carbonyl (C=O) groups excluding carboxylic acids is 2. The summed E-state index contributed by atoms with van der Waals surface area (Å²) in [4.78, 5) is 31.0. The zero-order valence-corrected chi connectivity index (χ0v) is 13.9. The molecule has 0 aromatic carbocycles. The van der Waals surface area contributed by atoms with Gasteiger partial charge in [-0.3, -0.25) is 9.59 Å². The number of oxazole rings is 1. The quantitative estimate of drug-likeness (QED) is 0.837. The Morgan fingerprint density at radius 3 is 2.75 bits per heavy atom. The molecule has 7 heteroatoms. The van der Waals surface area contributed by atoms with E-state index < -0.39 is 5.41 Å². The monoisotopic (exact) mass is 333 g/mol. The fourth-order valence-electron chi connectivity index (χ4n) is 3.37. The number of hydrogen-bond acceptors (Lipinski definition) is 5. The van der Waals surface area contributed by atoms with Crippen LogP contribution in [0.5, 0.6) is 0 Å². The zero-order chi connectivity index (χ0) is 16.9. The summed E-state index contributed by atoms with van der Waals surface area (Å²) in [6, 6.07) is -0.0789. The van der Waals surface area contributed by atoms with Crippen molar-refractivity contribution in [3.8, 4) is 0 Å². The maximum Gasteiger partial charge on any atom is 0.289 e. The van der Waals surface area contributed by atoms with E-state index in [4.69, 9.17) is 4.42 Å². The van der Waals surface area contributed by atoms with Gasteiger partial charge in [-0.05, 0) is 39.0 Å². The molecule has 1 atom stereocenters. The minimum absolute atomic E-state index is 0.0219. The number of carbonyl (C=O) groups is 2. The minimum Gasteiger partial charge on any atom is -0.435 e. The van der Waals surface area contributed by atoms with E-state index in [0.29, 0.717) is 30.6 Å². The number of aliphatic hydroxyl groups is 1. The van der Waals surface area contributed by atoms with Crippen molar-refractivity contribution in [1.29, 1.82) is 0 Å². The highest BCUT2D eigenvalue weighted by molar-refractivity contribution is 5.93. The molecule has 0 radical (unpaired) electrons. The van der Waals surface area contributed by atoms with Crippen LogP contribution in [0.15, 0.2) is 4.42 Å². The van der Waals surface area contributed by atoms with Gasteiger partial charge in [0, 0.05) is 25.0 Å². The lowest BCUT2D eigenvalue weighted by molar-refractivity contribution is -0.137. The lowest BCUT2D eigenvalue weighted by Crippen LogP contribution is -2.41. The van der Waals surface area contributed by atoms with Gasteiger partial charge in [0.05, 0.1) is 17.7 Å². The number of aromatic nitrogens is 1. The Morgan fingerprint density at radius 1 is 1.38 bits per heavy atom. The third-order valence-electron chi connectivity index (χ3n) is 5.37. The molecule has 7 nitrogen and oxygen atoms in total.